The van der Waals surface area contributed by atoms with E-state index in [4.69, 9.17) is 5.73 Å². The van der Waals surface area contributed by atoms with Gasteiger partial charge in [0.25, 0.3) is 0 Å². The molecule has 1 unspecified atom stereocenters. The zero-order valence-corrected chi connectivity index (χ0v) is 12.5. The topological polar surface area (TPSA) is 46.3 Å². The number of nitrogens with two attached hydrogens (primary N) is 1. The minimum atomic E-state index is 0.213. The largest absolute Gasteiger partial charge is 0.399 e. The maximum Gasteiger partial charge on any atom is 0.222 e. The molecule has 0 aliphatic heterocycles. The molecule has 0 aliphatic carbocycles. The van der Waals surface area contributed by atoms with Crippen molar-refractivity contribution in [2.75, 3.05) is 19.3 Å². The van der Waals surface area contributed by atoms with Gasteiger partial charge in [0.1, 0.15) is 0 Å². The van der Waals surface area contributed by atoms with Gasteiger partial charge in [-0.25, -0.2) is 0 Å². The Kier molecular flexibility index (Phi) is 5.87. The number of nitrogen functional groups attached to an aromatic ring is 1. The molecule has 19 heavy (non-hydrogen) atoms. The second-order valence-electron chi connectivity index (χ2n) is 5.77. The van der Waals surface area contributed by atoms with E-state index in [1.54, 1.807) is 0 Å². The number of carbonyl (C=O) groups excluding carboxylic acids is 1. The van der Waals surface area contributed by atoms with E-state index in [1.165, 1.54) is 5.56 Å². The van der Waals surface area contributed by atoms with Crippen LogP contribution in [0.2, 0.25) is 0 Å². The SMILES string of the molecule is CC(C)CCN(C)C(=O)CC(C)c1ccc(N)cc1. The van der Waals surface area contributed by atoms with Crippen LogP contribution in [0.3, 0.4) is 0 Å². The van der Waals surface area contributed by atoms with Gasteiger partial charge in [0.05, 0.1) is 0 Å². The Morgan fingerprint density at radius 1 is 1.21 bits per heavy atom. The van der Waals surface area contributed by atoms with Gasteiger partial charge in [-0.15, -0.1) is 0 Å². The second kappa shape index (κ2) is 7.17. The molecule has 0 saturated heterocycles. The normalized spacial score (nSPS) is 12.5. The van der Waals surface area contributed by atoms with E-state index in [1.807, 2.05) is 36.2 Å². The van der Waals surface area contributed by atoms with Crippen molar-refractivity contribution in [1.29, 1.82) is 0 Å². The molecular weight excluding hydrogens is 236 g/mol. The third-order valence-corrected chi connectivity index (χ3v) is 3.45. The third kappa shape index (κ3) is 5.33. The minimum absolute atomic E-state index is 0.213. The van der Waals surface area contributed by atoms with Crippen LogP contribution in [0, 0.1) is 5.92 Å². The van der Waals surface area contributed by atoms with E-state index in [9.17, 15) is 4.79 Å². The van der Waals surface area contributed by atoms with Gasteiger partial charge in [0.2, 0.25) is 5.91 Å². The molecule has 1 aromatic carbocycles. The summed E-state index contributed by atoms with van der Waals surface area (Å²) in [5.74, 6) is 1.07. The first-order chi connectivity index (χ1) is 8.90. The van der Waals surface area contributed by atoms with Crippen LogP contribution in [-0.2, 0) is 4.79 Å². The lowest BCUT2D eigenvalue weighted by molar-refractivity contribution is -0.130. The molecule has 0 heterocycles. The standard InChI is InChI=1S/C16H26N2O/c1-12(2)9-10-18(4)16(19)11-13(3)14-5-7-15(17)8-6-14/h5-8,12-13H,9-11,17H2,1-4H3. The predicted molar refractivity (Wildman–Crippen MR) is 81.0 cm³/mol. The van der Waals surface area contributed by atoms with E-state index in [-0.39, 0.29) is 11.8 Å². The molecule has 0 aromatic heterocycles. The number of amides is 1. The summed E-state index contributed by atoms with van der Waals surface area (Å²) in [6.07, 6.45) is 1.61. The molecule has 106 valence electrons. The number of hydrogen-bond acceptors (Lipinski definition) is 2. The quantitative estimate of drug-likeness (QED) is 0.800. The van der Waals surface area contributed by atoms with Gasteiger partial charge in [-0.3, -0.25) is 4.79 Å². The number of hydrogen-bond donors (Lipinski definition) is 1. The van der Waals surface area contributed by atoms with Crippen LogP contribution in [0.25, 0.3) is 0 Å². The van der Waals surface area contributed by atoms with Crippen molar-refractivity contribution in [3.05, 3.63) is 29.8 Å². The van der Waals surface area contributed by atoms with Gasteiger partial charge in [-0.2, -0.15) is 0 Å². The molecule has 0 radical (unpaired) electrons. The Balaban J connectivity index is 2.49. The molecule has 0 spiro atoms. The molecule has 0 bridgehead atoms. The van der Waals surface area contributed by atoms with Gasteiger partial charge >= 0.3 is 0 Å². The van der Waals surface area contributed by atoms with E-state index < -0.39 is 0 Å². The lowest BCUT2D eigenvalue weighted by Crippen LogP contribution is -2.29. The minimum Gasteiger partial charge on any atom is -0.399 e. The van der Waals surface area contributed by atoms with Crippen LogP contribution in [0.15, 0.2) is 24.3 Å². The molecule has 2 N–H and O–H groups in total. The molecule has 0 saturated carbocycles. The van der Waals surface area contributed by atoms with Crippen molar-refractivity contribution in [1.82, 2.24) is 4.90 Å². The molecule has 1 atom stereocenters. The molecule has 1 rings (SSSR count). The summed E-state index contributed by atoms with van der Waals surface area (Å²) >= 11 is 0. The van der Waals surface area contributed by atoms with E-state index in [2.05, 4.69) is 20.8 Å². The molecule has 0 aliphatic rings. The van der Waals surface area contributed by atoms with E-state index >= 15 is 0 Å². The van der Waals surface area contributed by atoms with Crippen molar-refractivity contribution >= 4 is 11.6 Å². The first-order valence-electron chi connectivity index (χ1n) is 6.99. The fourth-order valence-corrected chi connectivity index (χ4v) is 1.94. The third-order valence-electron chi connectivity index (χ3n) is 3.45. The average Bonchev–Trinajstić information content (AvgIpc) is 2.36. The lowest BCUT2D eigenvalue weighted by Gasteiger charge is -2.20. The average molecular weight is 262 g/mol. The molecule has 1 amide bonds. The van der Waals surface area contributed by atoms with Crippen LogP contribution in [0.1, 0.15) is 45.1 Å². The molecule has 3 nitrogen and oxygen atoms in total. The van der Waals surface area contributed by atoms with Gasteiger partial charge < -0.3 is 10.6 Å². The Morgan fingerprint density at radius 3 is 2.32 bits per heavy atom. The Hall–Kier alpha value is -1.51. The maximum atomic E-state index is 12.1. The highest BCUT2D eigenvalue weighted by Gasteiger charge is 2.14. The van der Waals surface area contributed by atoms with Gasteiger partial charge in [-0.1, -0.05) is 32.9 Å². The van der Waals surface area contributed by atoms with Gasteiger partial charge in [0, 0.05) is 25.7 Å². The smallest absolute Gasteiger partial charge is 0.222 e. The summed E-state index contributed by atoms with van der Waals surface area (Å²) in [4.78, 5) is 13.9. The zero-order chi connectivity index (χ0) is 14.4. The Labute approximate surface area is 116 Å². The highest BCUT2D eigenvalue weighted by atomic mass is 16.2. The number of anilines is 1. The van der Waals surface area contributed by atoms with Gasteiger partial charge in [0.15, 0.2) is 0 Å². The molecular formula is C16H26N2O. The van der Waals surface area contributed by atoms with Crippen LogP contribution in [0.5, 0.6) is 0 Å². The summed E-state index contributed by atoms with van der Waals surface area (Å²) < 4.78 is 0. The first-order valence-corrected chi connectivity index (χ1v) is 6.99. The summed E-state index contributed by atoms with van der Waals surface area (Å²) in [6, 6.07) is 7.78. The van der Waals surface area contributed by atoms with Gasteiger partial charge in [-0.05, 0) is 36.0 Å². The fraction of sp³-hybridized carbons (Fsp3) is 0.562. The van der Waals surface area contributed by atoms with Crippen molar-refractivity contribution in [2.24, 2.45) is 5.92 Å². The van der Waals surface area contributed by atoms with Crippen molar-refractivity contribution in [2.45, 2.75) is 39.5 Å². The van der Waals surface area contributed by atoms with Crippen molar-refractivity contribution < 1.29 is 4.79 Å². The van der Waals surface area contributed by atoms with Crippen molar-refractivity contribution in [3.63, 3.8) is 0 Å². The molecule has 3 heteroatoms. The van der Waals surface area contributed by atoms with Crippen LogP contribution in [0.4, 0.5) is 5.69 Å². The summed E-state index contributed by atoms with van der Waals surface area (Å²) in [7, 11) is 1.89. The summed E-state index contributed by atoms with van der Waals surface area (Å²) in [5.41, 5.74) is 7.60. The zero-order valence-electron chi connectivity index (χ0n) is 12.5. The van der Waals surface area contributed by atoms with E-state index in [0.717, 1.165) is 18.7 Å². The fourth-order valence-electron chi connectivity index (χ4n) is 1.94. The maximum absolute atomic E-state index is 12.1. The molecule has 1 aromatic rings. The molecule has 0 fully saturated rings. The second-order valence-corrected chi connectivity index (χ2v) is 5.77. The highest BCUT2D eigenvalue weighted by molar-refractivity contribution is 5.76. The predicted octanol–water partition coefficient (Wildman–Crippen LogP) is 3.27. The Morgan fingerprint density at radius 2 is 1.79 bits per heavy atom. The van der Waals surface area contributed by atoms with E-state index in [0.29, 0.717) is 12.3 Å². The number of nitrogens with zero attached hydrogens (tertiary/aromatic N) is 1. The number of benzene rings is 1. The monoisotopic (exact) mass is 262 g/mol. The number of carbonyl (C=O) groups is 1. The first kappa shape index (κ1) is 15.5. The van der Waals surface area contributed by atoms with Crippen LogP contribution in [-0.4, -0.2) is 24.4 Å². The lowest BCUT2D eigenvalue weighted by atomic mass is 9.97. The highest BCUT2D eigenvalue weighted by Crippen LogP contribution is 2.21. The Bertz CT molecular complexity index is 398. The summed E-state index contributed by atoms with van der Waals surface area (Å²) in [6.45, 7) is 7.27. The van der Waals surface area contributed by atoms with Crippen LogP contribution < -0.4 is 5.73 Å². The van der Waals surface area contributed by atoms with Crippen LogP contribution >= 0.6 is 0 Å². The summed E-state index contributed by atoms with van der Waals surface area (Å²) in [5, 5.41) is 0. The van der Waals surface area contributed by atoms with Crippen molar-refractivity contribution in [3.8, 4) is 0 Å². The number of rotatable bonds is 6.